The Bertz CT molecular complexity index is 5140. The summed E-state index contributed by atoms with van der Waals surface area (Å²) in [6, 6.07) is 25.6. The number of hydrogen-bond acceptors (Lipinski definition) is 24. The van der Waals surface area contributed by atoms with E-state index in [1.54, 1.807) is 72.9 Å². The van der Waals surface area contributed by atoms with Crippen LogP contribution in [0.5, 0.6) is 17.2 Å². The summed E-state index contributed by atoms with van der Waals surface area (Å²) >= 11 is 0. The van der Waals surface area contributed by atoms with E-state index < -0.39 is 107 Å². The minimum absolute atomic E-state index is 0. The van der Waals surface area contributed by atoms with Crippen LogP contribution in [0.1, 0.15) is 116 Å². The van der Waals surface area contributed by atoms with Gasteiger partial charge in [0, 0.05) is 109 Å². The predicted octanol–water partition coefficient (Wildman–Crippen LogP) is 10.0. The van der Waals surface area contributed by atoms with Crippen molar-refractivity contribution in [1.82, 2.24) is 0 Å². The molecule has 0 fully saturated rings. The smallest absolute Gasteiger partial charge is 0.744 e. The van der Waals surface area contributed by atoms with Crippen LogP contribution in [0, 0.1) is 0 Å². The fraction of sp³-hybridized carbons (Fsp3) is 0.296. The number of rotatable bonds is 27. The van der Waals surface area contributed by atoms with Crippen molar-refractivity contribution in [3.05, 3.63) is 232 Å². The first-order chi connectivity index (χ1) is 53.5. The van der Waals surface area contributed by atoms with Gasteiger partial charge in [-0.3, -0.25) is 0 Å². The Balaban J connectivity index is 0.000000267. The molecule has 3 aliphatic rings. The second kappa shape index (κ2) is 40.1. The molecule has 9 rings (SSSR count). The molecule has 0 spiro atoms. The van der Waals surface area contributed by atoms with Crippen molar-refractivity contribution in [2.24, 2.45) is 0 Å². The number of allylic oxidation sites excluding steroid dienone is 15. The Morgan fingerprint density at radius 2 is 0.452 bits per heavy atom. The van der Waals surface area contributed by atoms with Crippen molar-refractivity contribution in [3.8, 4) is 17.2 Å². The van der Waals surface area contributed by atoms with Crippen LogP contribution in [0.15, 0.2) is 228 Å². The second-order valence-electron chi connectivity index (χ2n) is 25.6. The summed E-state index contributed by atoms with van der Waals surface area (Å²) in [7, 11) is -31.5. The maximum absolute atomic E-state index is 12.3. The summed E-state index contributed by atoms with van der Waals surface area (Å²) < 4.78 is 222. The first-order valence-electron chi connectivity index (χ1n) is 36.7. The summed E-state index contributed by atoms with van der Waals surface area (Å²) in [6.45, 7) is 33.5. The summed E-state index contributed by atoms with van der Waals surface area (Å²) in [5.74, 6) is -2.83. The summed E-state index contributed by atoms with van der Waals surface area (Å²) in [4.78, 5) is 0.0817. The molecule has 3 aliphatic carbocycles. The molecule has 34 heteroatoms. The molecule has 0 saturated carbocycles. The Kier molecular flexibility index (Phi) is 33.0. The van der Waals surface area contributed by atoms with Crippen molar-refractivity contribution in [1.29, 1.82) is 0 Å². The van der Waals surface area contributed by atoms with E-state index in [-0.39, 0.29) is 50.8 Å². The van der Waals surface area contributed by atoms with Crippen LogP contribution in [0.25, 0.3) is 16.7 Å². The van der Waals surface area contributed by atoms with Crippen LogP contribution in [-0.2, 0) is 60.7 Å². The van der Waals surface area contributed by atoms with Crippen LogP contribution in [-0.4, -0.2) is 220 Å². The maximum Gasteiger partial charge on any atom is 3.00 e. The monoisotopic (exact) mass is 1700 g/mol. The molecule has 6 aromatic carbocycles. The van der Waals surface area contributed by atoms with E-state index in [4.69, 9.17) is 0 Å². The van der Waals surface area contributed by atoms with Gasteiger partial charge in [0.1, 0.15) is 117 Å². The number of aromatic hydroxyl groups is 3. The number of anilines is 3. The van der Waals surface area contributed by atoms with Gasteiger partial charge in [-0.15, -0.1) is 0 Å². The average molecular weight is 1710 g/mol. The van der Waals surface area contributed by atoms with Gasteiger partial charge in [-0.2, -0.15) is 0 Å². The Morgan fingerprint density at radius 3 is 0.600 bits per heavy atom. The van der Waals surface area contributed by atoms with Crippen LogP contribution in [0.3, 0.4) is 0 Å². The number of phenolic OH excluding ortho intramolecular Hbond substituents is 3. The molecular weight excluding hydrogens is 1610 g/mol. The van der Waals surface area contributed by atoms with Gasteiger partial charge in [-0.1, -0.05) is 36.4 Å². The van der Waals surface area contributed by atoms with Gasteiger partial charge in [0.15, 0.2) is 17.1 Å². The van der Waals surface area contributed by atoms with Gasteiger partial charge in [-0.05, 0) is 242 Å². The average Bonchev–Trinajstić information content (AvgIpc) is 0.767. The molecule has 0 amide bonds. The molecule has 0 radical (unpaired) electrons. The second-order valence-corrected chi connectivity index (χ2v) is 33.7. The quantitative estimate of drug-likeness (QED) is 0.0245. The van der Waals surface area contributed by atoms with E-state index in [1.807, 2.05) is 156 Å². The molecule has 0 heterocycles. The standard InChI is InChI=1S/3C27H32N2O7S2.Al/c3*1-5-28(6-2)21-13-9-19(10-14-21)27(20-11-15-22(16-12-20)29(7-3)8-4)23-17-24(30)26(38(34,35)36)18-25(23)37(31,32)33;/h3*9-18H,5-8H2,1-4H3,(H2-,30,31,32,33,34,35,36);/q;;;+3/p-3. The van der Waals surface area contributed by atoms with Crippen molar-refractivity contribution >= 4 is 129 Å². The number of benzene rings is 6. The van der Waals surface area contributed by atoms with Crippen LogP contribution >= 0.6 is 0 Å². The third-order valence-corrected chi connectivity index (χ3v) is 24.5. The molecule has 115 heavy (non-hydrogen) atoms. The largest absolute Gasteiger partial charge is 3.00 e. The van der Waals surface area contributed by atoms with E-state index in [0.29, 0.717) is 51.6 Å². The Morgan fingerprint density at radius 1 is 0.278 bits per heavy atom. The SMILES string of the molecule is CCN(CC)c1ccc(C(=C2C=CC(=[N+](CC)CC)C=C2)c2cc(O)c(S(=O)(=O)[O-])cc2S(=O)(=O)[O-])cc1.CCN(CC)c1ccc(C(=C2C=CC(=[N+](CC)CC)C=C2)c2cc(O)c(S(=O)(=O)[O-])cc2S(=O)(=O)[O-])cc1.CCN(CC)c1ccc(C(=C2C=CC(=[N+](CC)CC)C=C2)c2cc(O)c(S(=O)(=O)[O-])cc2S(=O)(=O)[O-])cc1.[Al+3]. The third kappa shape index (κ3) is 23.1. The zero-order valence-electron chi connectivity index (χ0n) is 65.7. The molecule has 612 valence electrons. The molecule has 0 unspecified atom stereocenters. The molecule has 6 aromatic rings. The van der Waals surface area contributed by atoms with Crippen molar-refractivity contribution in [2.45, 2.75) is 112 Å². The molecule has 0 aliphatic heterocycles. The zero-order valence-corrected chi connectivity index (χ0v) is 71.8. The van der Waals surface area contributed by atoms with Crippen molar-refractivity contribution < 1.29 is 107 Å². The Labute approximate surface area is 686 Å². The maximum atomic E-state index is 12.3. The minimum Gasteiger partial charge on any atom is -0.744 e. The number of nitrogens with zero attached hydrogens (tertiary/aromatic N) is 6. The summed E-state index contributed by atoms with van der Waals surface area (Å²) in [5, 5.41) is 31.3. The molecule has 0 bridgehead atoms. The molecule has 0 saturated heterocycles. The van der Waals surface area contributed by atoms with Gasteiger partial charge >= 0.3 is 17.4 Å². The minimum atomic E-state index is -5.25. The van der Waals surface area contributed by atoms with Gasteiger partial charge < -0.3 is 57.3 Å². The molecular formula is C81H93AlN6O21S6. The number of phenols is 3. The van der Waals surface area contributed by atoms with Gasteiger partial charge in [0.2, 0.25) is 0 Å². The van der Waals surface area contributed by atoms with Crippen LogP contribution in [0.4, 0.5) is 17.1 Å². The molecule has 27 nitrogen and oxygen atoms in total. The molecule has 0 aromatic heterocycles. The van der Waals surface area contributed by atoms with E-state index in [1.165, 1.54) is 0 Å². The van der Waals surface area contributed by atoms with Crippen molar-refractivity contribution in [2.75, 3.05) is 93.2 Å². The summed E-state index contributed by atoms with van der Waals surface area (Å²) in [5.41, 5.74) is 8.96. The first kappa shape index (κ1) is 94.6. The third-order valence-electron chi connectivity index (χ3n) is 19.3. The first-order valence-corrected chi connectivity index (χ1v) is 45.1. The van der Waals surface area contributed by atoms with E-state index in [0.717, 1.165) is 131 Å². The normalized spacial score (nSPS) is 13.5. The topological polar surface area (TPSA) is 423 Å². The summed E-state index contributed by atoms with van der Waals surface area (Å²) in [6.07, 6.45) is 21.7. The van der Waals surface area contributed by atoms with Crippen LogP contribution in [0.2, 0.25) is 0 Å². The van der Waals surface area contributed by atoms with Gasteiger partial charge in [0.05, 0.1) is 29.4 Å². The predicted molar refractivity (Wildman–Crippen MR) is 440 cm³/mol. The van der Waals surface area contributed by atoms with Crippen LogP contribution < -0.4 is 14.7 Å². The molecule has 0 atom stereocenters. The fourth-order valence-corrected chi connectivity index (χ4v) is 17.5. The van der Waals surface area contributed by atoms with E-state index in [9.17, 15) is 93.1 Å². The van der Waals surface area contributed by atoms with Crippen molar-refractivity contribution in [3.63, 3.8) is 0 Å². The number of hydrogen-bond donors (Lipinski definition) is 3. The fourth-order valence-electron chi connectivity index (χ4n) is 13.5. The Hall–Kier alpha value is -9.22. The van der Waals surface area contributed by atoms with Gasteiger partial charge in [0.25, 0.3) is 0 Å². The zero-order chi connectivity index (χ0) is 84.8. The van der Waals surface area contributed by atoms with E-state index in [2.05, 4.69) is 28.4 Å². The van der Waals surface area contributed by atoms with Gasteiger partial charge in [-0.25, -0.2) is 64.2 Å². The van der Waals surface area contributed by atoms with E-state index >= 15 is 0 Å². The molecule has 3 N–H and O–H groups in total.